The van der Waals surface area contributed by atoms with Crippen LogP contribution in [0.25, 0.3) is 10.8 Å². The van der Waals surface area contributed by atoms with Crippen LogP contribution < -0.4 is 0 Å². The zero-order valence-corrected chi connectivity index (χ0v) is 10.6. The van der Waals surface area contributed by atoms with Gasteiger partial charge in [0.2, 0.25) is 0 Å². The zero-order valence-electron chi connectivity index (χ0n) is 8.48. The molecule has 0 unspecified atom stereocenters. The molecule has 2 N–H and O–H groups in total. The van der Waals surface area contributed by atoms with Crippen molar-refractivity contribution in [2.45, 2.75) is 0 Å². The zero-order chi connectivity index (χ0) is 12.6. The van der Waals surface area contributed by atoms with Crippen molar-refractivity contribution in [2.75, 3.05) is 0 Å². The number of rotatable bonds is 2. The van der Waals surface area contributed by atoms with Gasteiger partial charge in [0.1, 0.15) is 0 Å². The van der Waals surface area contributed by atoms with E-state index < -0.39 is 11.9 Å². The molecule has 0 saturated carbocycles. The Kier molecular flexibility index (Phi) is 3.01. The number of hydrogen-bond acceptors (Lipinski definition) is 2. The molecule has 0 amide bonds. The Labute approximate surface area is 110 Å². The predicted molar refractivity (Wildman–Crippen MR) is 70.6 cm³/mol. The van der Waals surface area contributed by atoms with E-state index in [4.69, 9.17) is 10.2 Å². The predicted octanol–water partition coefficient (Wildman–Crippen LogP) is 2.84. The summed E-state index contributed by atoms with van der Waals surface area (Å²) in [5.74, 6) is -1.98. The molecule has 0 bridgehead atoms. The van der Waals surface area contributed by atoms with Gasteiger partial charge in [-0.25, -0.2) is 9.59 Å². The molecule has 0 radical (unpaired) electrons. The maximum atomic E-state index is 10.9. The third-order valence-electron chi connectivity index (χ3n) is 2.43. The number of benzene rings is 2. The molecule has 0 aliphatic carbocycles. The van der Waals surface area contributed by atoms with Crippen LogP contribution in [0.5, 0.6) is 0 Å². The molecule has 0 aliphatic rings. The second kappa shape index (κ2) is 4.33. The third-order valence-corrected chi connectivity index (χ3v) is 3.59. The quantitative estimate of drug-likeness (QED) is 0.823. The average Bonchev–Trinajstić information content (AvgIpc) is 2.28. The van der Waals surface area contributed by atoms with Crippen molar-refractivity contribution < 1.29 is 19.8 Å². The van der Waals surface area contributed by atoms with Gasteiger partial charge in [-0.15, -0.1) is 0 Å². The molecule has 5 heteroatoms. The summed E-state index contributed by atoms with van der Waals surface area (Å²) in [5.41, 5.74) is 0.414. The third kappa shape index (κ3) is 2.10. The average molecular weight is 342 g/mol. The van der Waals surface area contributed by atoms with E-state index in [-0.39, 0.29) is 11.1 Å². The van der Waals surface area contributed by atoms with Gasteiger partial charge in [0.15, 0.2) is 0 Å². The number of aromatic carboxylic acids is 2. The molecule has 0 fully saturated rings. The monoisotopic (exact) mass is 342 g/mol. The minimum absolute atomic E-state index is 0.191. The summed E-state index contributed by atoms with van der Waals surface area (Å²) in [5, 5.41) is 19.3. The Morgan fingerprint density at radius 1 is 1.00 bits per heavy atom. The lowest BCUT2D eigenvalue weighted by atomic mass is 10.0. The standard InChI is InChI=1S/C12H7IO4/c13-10-8-3-2-7(11(14)15)5-6(8)1-4-9(10)12(16)17/h1-5H,(H,14,15)(H,16,17). The summed E-state index contributed by atoms with van der Waals surface area (Å²) < 4.78 is 0.615. The van der Waals surface area contributed by atoms with Gasteiger partial charge >= 0.3 is 11.9 Å². The van der Waals surface area contributed by atoms with Crippen LogP contribution in [-0.4, -0.2) is 22.2 Å². The van der Waals surface area contributed by atoms with Crippen LogP contribution in [0.1, 0.15) is 20.7 Å². The first-order valence-electron chi connectivity index (χ1n) is 4.69. The van der Waals surface area contributed by atoms with E-state index >= 15 is 0 Å². The normalized spacial score (nSPS) is 10.4. The molecular weight excluding hydrogens is 335 g/mol. The summed E-state index contributed by atoms with van der Waals surface area (Å²) in [7, 11) is 0. The van der Waals surface area contributed by atoms with Gasteiger partial charge in [-0.2, -0.15) is 0 Å². The molecule has 86 valence electrons. The van der Waals surface area contributed by atoms with Crippen molar-refractivity contribution in [3.8, 4) is 0 Å². The molecule has 2 rings (SSSR count). The first-order valence-corrected chi connectivity index (χ1v) is 5.77. The van der Waals surface area contributed by atoms with Gasteiger partial charge < -0.3 is 10.2 Å². The molecule has 0 aliphatic heterocycles. The van der Waals surface area contributed by atoms with Gasteiger partial charge in [-0.3, -0.25) is 0 Å². The minimum atomic E-state index is -0.996. The number of carboxylic acid groups (broad SMARTS) is 2. The molecule has 0 spiro atoms. The van der Waals surface area contributed by atoms with E-state index in [1.165, 1.54) is 18.2 Å². The highest BCUT2D eigenvalue weighted by Crippen LogP contribution is 2.25. The second-order valence-electron chi connectivity index (χ2n) is 3.47. The first-order chi connectivity index (χ1) is 8.00. The lowest BCUT2D eigenvalue weighted by molar-refractivity contribution is 0.0685. The van der Waals surface area contributed by atoms with Crippen molar-refractivity contribution in [1.82, 2.24) is 0 Å². The highest BCUT2D eigenvalue weighted by atomic mass is 127. The smallest absolute Gasteiger partial charge is 0.336 e. The van der Waals surface area contributed by atoms with Crippen LogP contribution >= 0.6 is 22.6 Å². The molecule has 17 heavy (non-hydrogen) atoms. The molecule has 2 aromatic rings. The van der Waals surface area contributed by atoms with Crippen LogP contribution in [0.4, 0.5) is 0 Å². The number of fused-ring (bicyclic) bond motifs is 1. The maximum Gasteiger partial charge on any atom is 0.336 e. The van der Waals surface area contributed by atoms with Gasteiger partial charge in [-0.1, -0.05) is 12.1 Å². The fourth-order valence-electron chi connectivity index (χ4n) is 1.59. The SMILES string of the molecule is O=C(O)c1ccc2c(I)c(C(=O)O)ccc2c1. The fraction of sp³-hybridized carbons (Fsp3) is 0. The largest absolute Gasteiger partial charge is 0.478 e. The second-order valence-corrected chi connectivity index (χ2v) is 4.55. The van der Waals surface area contributed by atoms with Crippen molar-refractivity contribution >= 4 is 45.3 Å². The van der Waals surface area contributed by atoms with Crippen LogP contribution in [0, 0.1) is 3.57 Å². The molecule has 0 heterocycles. The van der Waals surface area contributed by atoms with Gasteiger partial charge in [0.05, 0.1) is 11.1 Å². The molecule has 0 aromatic heterocycles. The highest BCUT2D eigenvalue weighted by Gasteiger charge is 2.12. The van der Waals surface area contributed by atoms with Crippen LogP contribution in [-0.2, 0) is 0 Å². The fourth-order valence-corrected chi connectivity index (χ4v) is 2.49. The molecule has 2 aromatic carbocycles. The van der Waals surface area contributed by atoms with Crippen molar-refractivity contribution in [1.29, 1.82) is 0 Å². The van der Waals surface area contributed by atoms with E-state index in [0.717, 1.165) is 10.8 Å². The number of carbonyl (C=O) groups is 2. The van der Waals surface area contributed by atoms with Gasteiger partial charge in [0.25, 0.3) is 0 Å². The van der Waals surface area contributed by atoms with Crippen LogP contribution in [0.15, 0.2) is 30.3 Å². The van der Waals surface area contributed by atoms with E-state index in [0.29, 0.717) is 3.57 Å². The molecule has 0 saturated heterocycles. The lowest BCUT2D eigenvalue weighted by Crippen LogP contribution is -2.01. The van der Waals surface area contributed by atoms with Crippen LogP contribution in [0.3, 0.4) is 0 Å². The summed E-state index contributed by atoms with van der Waals surface area (Å²) in [6, 6.07) is 7.74. The topological polar surface area (TPSA) is 74.6 Å². The summed E-state index contributed by atoms with van der Waals surface area (Å²) in [6.07, 6.45) is 0. The summed E-state index contributed by atoms with van der Waals surface area (Å²) >= 11 is 1.95. The van der Waals surface area contributed by atoms with Crippen molar-refractivity contribution in [2.24, 2.45) is 0 Å². The molecule has 4 nitrogen and oxygen atoms in total. The number of hydrogen-bond donors (Lipinski definition) is 2. The van der Waals surface area contributed by atoms with Crippen molar-refractivity contribution in [3.05, 3.63) is 45.0 Å². The first kappa shape index (κ1) is 11.8. The van der Waals surface area contributed by atoms with E-state index in [2.05, 4.69) is 0 Å². The Morgan fingerprint density at radius 3 is 2.29 bits per heavy atom. The Morgan fingerprint density at radius 2 is 1.71 bits per heavy atom. The number of halogens is 1. The van der Waals surface area contributed by atoms with E-state index in [9.17, 15) is 9.59 Å². The van der Waals surface area contributed by atoms with Crippen LogP contribution in [0.2, 0.25) is 0 Å². The van der Waals surface area contributed by atoms with E-state index in [1.54, 1.807) is 12.1 Å². The van der Waals surface area contributed by atoms with Gasteiger partial charge in [-0.05, 0) is 51.6 Å². The summed E-state index contributed by atoms with van der Waals surface area (Å²) in [4.78, 5) is 21.8. The lowest BCUT2D eigenvalue weighted by Gasteiger charge is -2.05. The van der Waals surface area contributed by atoms with Gasteiger partial charge in [0, 0.05) is 3.57 Å². The maximum absolute atomic E-state index is 10.9. The Balaban J connectivity index is 2.72. The molecular formula is C12H7IO4. The summed E-state index contributed by atoms with van der Waals surface area (Å²) in [6.45, 7) is 0. The van der Waals surface area contributed by atoms with Crippen molar-refractivity contribution in [3.63, 3.8) is 0 Å². The van der Waals surface area contributed by atoms with E-state index in [1.807, 2.05) is 22.6 Å². The number of carboxylic acids is 2. The minimum Gasteiger partial charge on any atom is -0.478 e. The molecule has 0 atom stereocenters. The Bertz CT molecular complexity index is 634. The Hall–Kier alpha value is -1.63. The highest BCUT2D eigenvalue weighted by molar-refractivity contribution is 14.1.